The third-order valence-corrected chi connectivity index (χ3v) is 6.89. The van der Waals surface area contributed by atoms with Gasteiger partial charge in [-0.05, 0) is 31.2 Å². The first-order chi connectivity index (χ1) is 15.1. The van der Waals surface area contributed by atoms with Crippen LogP contribution in [0.5, 0.6) is 0 Å². The number of halogens is 1. The SMILES string of the molecule is Cc1ccnc2nc(C(=O)N3CCN(Cc4ccc(-c5ccccc5Cl)s4)CC3)nn12. The average molecular weight is 453 g/mol. The second-order valence-electron chi connectivity index (χ2n) is 7.55. The van der Waals surface area contributed by atoms with Crippen LogP contribution < -0.4 is 0 Å². The quantitative estimate of drug-likeness (QED) is 0.471. The molecule has 4 heterocycles. The van der Waals surface area contributed by atoms with Gasteiger partial charge in [0.05, 0.1) is 0 Å². The summed E-state index contributed by atoms with van der Waals surface area (Å²) in [6, 6.07) is 14.1. The molecule has 31 heavy (non-hydrogen) atoms. The second kappa shape index (κ2) is 8.37. The molecule has 0 N–H and O–H groups in total. The molecule has 0 bridgehead atoms. The molecule has 0 radical (unpaired) electrons. The van der Waals surface area contributed by atoms with Crippen LogP contribution in [0.25, 0.3) is 16.2 Å². The van der Waals surface area contributed by atoms with E-state index in [9.17, 15) is 4.79 Å². The summed E-state index contributed by atoms with van der Waals surface area (Å²) in [4.78, 5) is 28.0. The van der Waals surface area contributed by atoms with Crippen molar-refractivity contribution < 1.29 is 4.79 Å². The van der Waals surface area contributed by atoms with Gasteiger partial charge < -0.3 is 4.90 Å². The first-order valence-corrected chi connectivity index (χ1v) is 11.3. The number of hydrogen-bond donors (Lipinski definition) is 0. The number of fused-ring (bicyclic) bond motifs is 1. The summed E-state index contributed by atoms with van der Waals surface area (Å²) in [5.41, 5.74) is 1.97. The van der Waals surface area contributed by atoms with Crippen LogP contribution in [0.15, 0.2) is 48.7 Å². The zero-order chi connectivity index (χ0) is 21.4. The van der Waals surface area contributed by atoms with Crippen LogP contribution in [0.3, 0.4) is 0 Å². The Morgan fingerprint density at radius 3 is 2.68 bits per heavy atom. The van der Waals surface area contributed by atoms with Gasteiger partial charge in [-0.1, -0.05) is 29.8 Å². The molecule has 1 fully saturated rings. The van der Waals surface area contributed by atoms with E-state index in [1.807, 2.05) is 42.2 Å². The van der Waals surface area contributed by atoms with Gasteiger partial charge in [0.1, 0.15) is 0 Å². The molecule has 1 amide bonds. The first kappa shape index (κ1) is 20.1. The lowest BCUT2D eigenvalue weighted by Crippen LogP contribution is -2.48. The molecule has 158 valence electrons. The predicted octanol–water partition coefficient (Wildman–Crippen LogP) is 3.77. The highest BCUT2D eigenvalue weighted by Crippen LogP contribution is 2.33. The fraction of sp³-hybridized carbons (Fsp3) is 0.273. The maximum absolute atomic E-state index is 12.9. The van der Waals surface area contributed by atoms with E-state index < -0.39 is 0 Å². The van der Waals surface area contributed by atoms with Gasteiger partial charge in [0.2, 0.25) is 5.82 Å². The Labute approximate surface area is 188 Å². The highest BCUT2D eigenvalue weighted by molar-refractivity contribution is 7.15. The zero-order valence-corrected chi connectivity index (χ0v) is 18.6. The van der Waals surface area contributed by atoms with Crippen molar-refractivity contribution in [3.63, 3.8) is 0 Å². The minimum Gasteiger partial charge on any atom is -0.333 e. The highest BCUT2D eigenvalue weighted by atomic mass is 35.5. The van der Waals surface area contributed by atoms with Gasteiger partial charge >= 0.3 is 0 Å². The molecule has 1 saturated heterocycles. The topological polar surface area (TPSA) is 66.6 Å². The number of amides is 1. The molecule has 0 unspecified atom stereocenters. The molecule has 0 spiro atoms. The van der Waals surface area contributed by atoms with Crippen LogP contribution in [0.2, 0.25) is 5.02 Å². The molecule has 7 nitrogen and oxygen atoms in total. The Hall–Kier alpha value is -2.81. The van der Waals surface area contributed by atoms with E-state index in [1.54, 1.807) is 22.0 Å². The van der Waals surface area contributed by atoms with E-state index in [4.69, 9.17) is 11.6 Å². The number of aryl methyl sites for hydroxylation is 1. The Bertz CT molecular complexity index is 1240. The standard InChI is InChI=1S/C22H21ClN6OS/c1-15-8-9-24-22-25-20(26-29(15)22)21(30)28-12-10-27(11-13-28)14-16-6-7-19(31-16)17-4-2-3-5-18(17)23/h2-9H,10-14H2,1H3. The van der Waals surface area contributed by atoms with Crippen LogP contribution in [-0.2, 0) is 6.54 Å². The maximum atomic E-state index is 12.9. The van der Waals surface area contributed by atoms with Crippen LogP contribution in [-0.4, -0.2) is 61.5 Å². The van der Waals surface area contributed by atoms with Gasteiger partial charge in [-0.15, -0.1) is 16.4 Å². The Morgan fingerprint density at radius 2 is 1.90 bits per heavy atom. The Balaban J connectivity index is 1.21. The number of carbonyl (C=O) groups is 1. The van der Waals surface area contributed by atoms with Crippen LogP contribution in [0, 0.1) is 6.92 Å². The Kier molecular flexibility index (Phi) is 5.43. The third-order valence-electron chi connectivity index (χ3n) is 5.46. The number of carbonyl (C=O) groups excluding carboxylic acids is 1. The van der Waals surface area contributed by atoms with Crippen molar-refractivity contribution in [1.29, 1.82) is 0 Å². The zero-order valence-electron chi connectivity index (χ0n) is 17.0. The number of aromatic nitrogens is 4. The van der Waals surface area contributed by atoms with Crippen molar-refractivity contribution in [2.75, 3.05) is 26.2 Å². The summed E-state index contributed by atoms with van der Waals surface area (Å²) in [5, 5.41) is 5.11. The minimum absolute atomic E-state index is 0.137. The van der Waals surface area contributed by atoms with E-state index in [0.29, 0.717) is 18.9 Å². The molecule has 9 heteroatoms. The van der Waals surface area contributed by atoms with Crippen LogP contribution >= 0.6 is 22.9 Å². The largest absolute Gasteiger partial charge is 0.333 e. The second-order valence-corrected chi connectivity index (χ2v) is 9.12. The van der Waals surface area contributed by atoms with E-state index in [0.717, 1.165) is 35.9 Å². The van der Waals surface area contributed by atoms with Gasteiger partial charge in [-0.25, -0.2) is 9.50 Å². The molecule has 4 aromatic rings. The average Bonchev–Trinajstić information content (AvgIpc) is 3.42. The number of hydrogen-bond acceptors (Lipinski definition) is 6. The smallest absolute Gasteiger partial charge is 0.293 e. The summed E-state index contributed by atoms with van der Waals surface area (Å²) in [6.45, 7) is 5.73. The Morgan fingerprint density at radius 1 is 1.10 bits per heavy atom. The molecule has 1 aliphatic rings. The molecule has 0 saturated carbocycles. The van der Waals surface area contributed by atoms with Crippen molar-refractivity contribution >= 4 is 34.6 Å². The van der Waals surface area contributed by atoms with Gasteiger partial charge in [0.25, 0.3) is 11.7 Å². The monoisotopic (exact) mass is 452 g/mol. The van der Waals surface area contributed by atoms with Crippen molar-refractivity contribution in [2.45, 2.75) is 13.5 Å². The number of piperazine rings is 1. The summed E-state index contributed by atoms with van der Waals surface area (Å²) < 4.78 is 1.61. The molecule has 0 aliphatic carbocycles. The van der Waals surface area contributed by atoms with Gasteiger partial charge in [0, 0.05) is 65.0 Å². The molecule has 1 aliphatic heterocycles. The van der Waals surface area contributed by atoms with Gasteiger partial charge in [-0.3, -0.25) is 9.69 Å². The third kappa shape index (κ3) is 4.06. The van der Waals surface area contributed by atoms with E-state index in [1.165, 1.54) is 9.75 Å². The molecule has 1 aromatic carbocycles. The first-order valence-electron chi connectivity index (χ1n) is 10.1. The molecule has 5 rings (SSSR count). The number of benzene rings is 1. The van der Waals surface area contributed by atoms with Gasteiger partial charge in [0.15, 0.2) is 0 Å². The van der Waals surface area contributed by atoms with E-state index in [-0.39, 0.29) is 11.7 Å². The molecular formula is C22H21ClN6OS. The number of nitrogens with zero attached hydrogens (tertiary/aromatic N) is 6. The lowest BCUT2D eigenvalue weighted by atomic mass is 10.2. The van der Waals surface area contributed by atoms with Crippen LogP contribution in [0.4, 0.5) is 0 Å². The van der Waals surface area contributed by atoms with Crippen LogP contribution in [0.1, 0.15) is 21.2 Å². The van der Waals surface area contributed by atoms with Crippen molar-refractivity contribution in [2.24, 2.45) is 0 Å². The van der Waals surface area contributed by atoms with Crippen molar-refractivity contribution in [1.82, 2.24) is 29.4 Å². The number of rotatable bonds is 4. The summed E-state index contributed by atoms with van der Waals surface area (Å²) in [6.07, 6.45) is 1.67. The normalized spacial score (nSPS) is 15.0. The van der Waals surface area contributed by atoms with E-state index >= 15 is 0 Å². The van der Waals surface area contributed by atoms with Crippen molar-refractivity contribution in [3.8, 4) is 10.4 Å². The summed E-state index contributed by atoms with van der Waals surface area (Å²) >= 11 is 8.10. The fourth-order valence-electron chi connectivity index (χ4n) is 3.74. The fourth-order valence-corrected chi connectivity index (χ4v) is 5.12. The van der Waals surface area contributed by atoms with Gasteiger partial charge in [-0.2, -0.15) is 4.98 Å². The maximum Gasteiger partial charge on any atom is 0.293 e. The lowest BCUT2D eigenvalue weighted by Gasteiger charge is -2.33. The molecule has 0 atom stereocenters. The summed E-state index contributed by atoms with van der Waals surface area (Å²) in [7, 11) is 0. The number of thiophene rings is 1. The predicted molar refractivity (Wildman–Crippen MR) is 121 cm³/mol. The minimum atomic E-state index is -0.137. The van der Waals surface area contributed by atoms with E-state index in [2.05, 4.69) is 32.1 Å². The highest BCUT2D eigenvalue weighted by Gasteiger charge is 2.25. The lowest BCUT2D eigenvalue weighted by molar-refractivity contribution is 0.0618. The molecule has 3 aromatic heterocycles. The van der Waals surface area contributed by atoms with Crippen molar-refractivity contribution in [3.05, 3.63) is 70.1 Å². The molecular weight excluding hydrogens is 432 g/mol. The summed E-state index contributed by atoms with van der Waals surface area (Å²) in [5.74, 6) is 0.522.